The molecule has 0 radical (unpaired) electrons. The predicted molar refractivity (Wildman–Crippen MR) is 122 cm³/mol. The van der Waals surface area contributed by atoms with Gasteiger partial charge in [0.05, 0.1) is 31.6 Å². The van der Waals surface area contributed by atoms with Gasteiger partial charge in [-0.25, -0.2) is 0 Å². The lowest BCUT2D eigenvalue weighted by molar-refractivity contribution is 0.122. The fraction of sp³-hybridized carbons (Fsp3) is 0.478. The van der Waals surface area contributed by atoms with E-state index >= 15 is 0 Å². The second-order valence-corrected chi connectivity index (χ2v) is 9.30. The third-order valence-corrected chi connectivity index (χ3v) is 6.98. The minimum Gasteiger partial charge on any atom is -0.493 e. The first kappa shape index (κ1) is 19.7. The molecule has 2 fully saturated rings. The number of fused-ring (bicyclic) bond motifs is 1. The number of hydrogen-bond donors (Lipinski definition) is 0. The van der Waals surface area contributed by atoms with Gasteiger partial charge in [-0.1, -0.05) is 30.8 Å². The average Bonchev–Trinajstić information content (AvgIpc) is 3.31. The topological polar surface area (TPSA) is 50.2 Å². The van der Waals surface area contributed by atoms with Crippen molar-refractivity contribution in [1.82, 2.24) is 9.88 Å². The minimum absolute atomic E-state index is 0.0188. The number of nitrogens with zero attached hydrogens (tertiary/aromatic N) is 4. The van der Waals surface area contributed by atoms with Crippen LogP contribution in [0.25, 0.3) is 0 Å². The van der Waals surface area contributed by atoms with Gasteiger partial charge in [0.15, 0.2) is 5.17 Å². The standard InChI is InChI=1S/C23H28N4O2S/c1-3-29-20-14-17(26-10-12-28-13-11-26)7-8-18(20)22-21(19-6-4-5-9-24-19)25-23-27(22)15-16(2)30-23/h4-9,14,16,21-22H,3,10-13,15H2,1-2H3/t16-,21-,22-/m1/s1. The van der Waals surface area contributed by atoms with E-state index in [-0.39, 0.29) is 12.1 Å². The Morgan fingerprint density at radius 3 is 2.83 bits per heavy atom. The van der Waals surface area contributed by atoms with Crippen LogP contribution in [0.4, 0.5) is 5.69 Å². The Bertz CT molecular complexity index is 917. The van der Waals surface area contributed by atoms with E-state index in [0.29, 0.717) is 11.9 Å². The van der Waals surface area contributed by atoms with Crippen molar-refractivity contribution in [3.63, 3.8) is 0 Å². The van der Waals surface area contributed by atoms with E-state index < -0.39 is 0 Å². The third kappa shape index (κ3) is 3.65. The van der Waals surface area contributed by atoms with Gasteiger partial charge in [-0.2, -0.15) is 0 Å². The lowest BCUT2D eigenvalue weighted by Crippen LogP contribution is -2.36. The molecule has 3 aliphatic rings. The van der Waals surface area contributed by atoms with Crippen LogP contribution in [0.3, 0.4) is 0 Å². The van der Waals surface area contributed by atoms with Crippen molar-refractivity contribution < 1.29 is 9.47 Å². The lowest BCUT2D eigenvalue weighted by Gasteiger charge is -2.32. The number of pyridine rings is 1. The smallest absolute Gasteiger partial charge is 0.160 e. The van der Waals surface area contributed by atoms with Crippen LogP contribution in [-0.4, -0.2) is 59.8 Å². The van der Waals surface area contributed by atoms with Crippen LogP contribution in [0, 0.1) is 0 Å². The first-order valence-corrected chi connectivity index (χ1v) is 11.6. The fourth-order valence-electron chi connectivity index (χ4n) is 4.52. The van der Waals surface area contributed by atoms with Gasteiger partial charge in [-0.3, -0.25) is 9.98 Å². The molecule has 6 nitrogen and oxygen atoms in total. The van der Waals surface area contributed by atoms with Gasteiger partial charge < -0.3 is 19.3 Å². The van der Waals surface area contributed by atoms with Gasteiger partial charge in [0, 0.05) is 48.4 Å². The largest absolute Gasteiger partial charge is 0.493 e. The van der Waals surface area contributed by atoms with Gasteiger partial charge in [0.25, 0.3) is 0 Å². The van der Waals surface area contributed by atoms with Gasteiger partial charge >= 0.3 is 0 Å². The van der Waals surface area contributed by atoms with Crippen LogP contribution in [0.2, 0.25) is 0 Å². The number of amidine groups is 1. The van der Waals surface area contributed by atoms with Crippen LogP contribution in [0.15, 0.2) is 47.6 Å². The van der Waals surface area contributed by atoms with E-state index in [1.54, 1.807) is 0 Å². The highest BCUT2D eigenvalue weighted by Crippen LogP contribution is 2.50. The molecular formula is C23H28N4O2S. The van der Waals surface area contributed by atoms with Crippen molar-refractivity contribution in [1.29, 1.82) is 0 Å². The average molecular weight is 425 g/mol. The molecule has 0 N–H and O–H groups in total. The summed E-state index contributed by atoms with van der Waals surface area (Å²) < 4.78 is 11.7. The quantitative estimate of drug-likeness (QED) is 0.726. The van der Waals surface area contributed by atoms with E-state index in [9.17, 15) is 0 Å². The van der Waals surface area contributed by atoms with Crippen LogP contribution in [0.5, 0.6) is 5.75 Å². The lowest BCUT2D eigenvalue weighted by atomic mass is 9.95. The van der Waals surface area contributed by atoms with E-state index in [0.717, 1.165) is 49.5 Å². The van der Waals surface area contributed by atoms with Crippen LogP contribution in [-0.2, 0) is 4.74 Å². The molecule has 0 bridgehead atoms. The number of rotatable bonds is 5. The Morgan fingerprint density at radius 2 is 2.07 bits per heavy atom. The molecule has 3 aliphatic heterocycles. The Kier molecular flexibility index (Phi) is 5.56. The third-order valence-electron chi connectivity index (χ3n) is 5.87. The highest BCUT2D eigenvalue weighted by molar-refractivity contribution is 8.14. The van der Waals surface area contributed by atoms with Crippen molar-refractivity contribution in [3.8, 4) is 5.75 Å². The second kappa shape index (κ2) is 8.47. The van der Waals surface area contributed by atoms with Gasteiger partial charge in [-0.15, -0.1) is 0 Å². The second-order valence-electron chi connectivity index (χ2n) is 7.89. The maximum atomic E-state index is 6.18. The Hall–Kier alpha value is -2.25. The van der Waals surface area contributed by atoms with Gasteiger partial charge in [0.2, 0.25) is 0 Å². The summed E-state index contributed by atoms with van der Waals surface area (Å²) in [5, 5.41) is 1.67. The Morgan fingerprint density at radius 1 is 1.20 bits per heavy atom. The Labute approximate surface area is 182 Å². The van der Waals surface area contributed by atoms with Gasteiger partial charge in [-0.05, 0) is 25.1 Å². The highest BCUT2D eigenvalue weighted by atomic mass is 32.2. The maximum absolute atomic E-state index is 6.18. The summed E-state index contributed by atoms with van der Waals surface area (Å²) in [6.45, 7) is 9.33. The molecule has 4 heterocycles. The predicted octanol–water partition coefficient (Wildman–Crippen LogP) is 3.91. The summed E-state index contributed by atoms with van der Waals surface area (Å²) in [5.74, 6) is 0.952. The van der Waals surface area contributed by atoms with E-state index in [1.807, 2.05) is 37.0 Å². The van der Waals surface area contributed by atoms with Crippen molar-refractivity contribution in [2.75, 3.05) is 44.4 Å². The molecule has 0 aliphatic carbocycles. The number of morpholine rings is 1. The van der Waals surface area contributed by atoms with Gasteiger partial charge in [0.1, 0.15) is 11.8 Å². The SMILES string of the molecule is CCOc1cc(N2CCOCC2)ccc1[C@@H]1[C@@H](c2ccccn2)N=C2S[C@H](C)CN21. The molecule has 158 valence electrons. The number of anilines is 1. The van der Waals surface area contributed by atoms with E-state index in [4.69, 9.17) is 14.5 Å². The minimum atomic E-state index is -0.0188. The normalized spacial score (nSPS) is 25.9. The number of benzene rings is 1. The number of hydrogen-bond acceptors (Lipinski definition) is 7. The Balaban J connectivity index is 1.54. The molecule has 0 amide bonds. The van der Waals surface area contributed by atoms with Crippen molar-refractivity contribution in [3.05, 3.63) is 53.9 Å². The summed E-state index contributed by atoms with van der Waals surface area (Å²) in [5.41, 5.74) is 3.40. The van der Waals surface area contributed by atoms with Crippen molar-refractivity contribution in [2.24, 2.45) is 4.99 Å². The number of aromatic nitrogens is 1. The molecule has 0 saturated carbocycles. The van der Waals surface area contributed by atoms with E-state index in [1.165, 1.54) is 11.3 Å². The molecule has 0 unspecified atom stereocenters. The van der Waals surface area contributed by atoms with Crippen LogP contribution >= 0.6 is 11.8 Å². The zero-order valence-corrected chi connectivity index (χ0v) is 18.3. The summed E-state index contributed by atoms with van der Waals surface area (Å²) in [7, 11) is 0. The molecule has 3 atom stereocenters. The molecule has 1 aromatic carbocycles. The molecule has 1 aromatic heterocycles. The summed E-state index contributed by atoms with van der Waals surface area (Å²) in [6.07, 6.45) is 1.86. The van der Waals surface area contributed by atoms with Crippen LogP contribution in [0.1, 0.15) is 37.2 Å². The first-order valence-electron chi connectivity index (χ1n) is 10.8. The molecule has 7 heteroatoms. The molecule has 30 heavy (non-hydrogen) atoms. The zero-order chi connectivity index (χ0) is 20.5. The van der Waals surface area contributed by atoms with Crippen molar-refractivity contribution in [2.45, 2.75) is 31.2 Å². The monoisotopic (exact) mass is 424 g/mol. The molecule has 0 spiro atoms. The summed E-state index contributed by atoms with van der Waals surface area (Å²) in [6, 6.07) is 12.8. The fourth-order valence-corrected chi connectivity index (χ4v) is 5.61. The molecule has 2 saturated heterocycles. The maximum Gasteiger partial charge on any atom is 0.160 e. The molecule has 5 rings (SSSR count). The first-order chi connectivity index (χ1) is 14.7. The van der Waals surface area contributed by atoms with Crippen molar-refractivity contribution >= 4 is 22.6 Å². The molecule has 2 aromatic rings. The summed E-state index contributed by atoms with van der Waals surface area (Å²) >= 11 is 1.86. The molecular weight excluding hydrogens is 396 g/mol. The number of thioether (sulfide) groups is 1. The number of aliphatic imine (C=N–C) groups is 1. The summed E-state index contributed by atoms with van der Waals surface area (Å²) in [4.78, 5) is 14.6. The van der Waals surface area contributed by atoms with E-state index in [2.05, 4.69) is 46.0 Å². The number of ether oxygens (including phenoxy) is 2. The zero-order valence-electron chi connectivity index (χ0n) is 17.5. The highest BCUT2D eigenvalue weighted by Gasteiger charge is 2.44. The van der Waals surface area contributed by atoms with Crippen LogP contribution < -0.4 is 9.64 Å².